The van der Waals surface area contributed by atoms with Crippen LogP contribution in [0.4, 0.5) is 0 Å². The van der Waals surface area contributed by atoms with Gasteiger partial charge in [-0.15, -0.1) is 0 Å². The predicted octanol–water partition coefficient (Wildman–Crippen LogP) is 1.29. The van der Waals surface area contributed by atoms with Crippen LogP contribution in [0.3, 0.4) is 0 Å². The first kappa shape index (κ1) is 8.02. The Morgan fingerprint density at radius 1 is 1.40 bits per heavy atom. The first-order chi connectivity index (χ1) is 4.70. The van der Waals surface area contributed by atoms with E-state index in [4.69, 9.17) is 10.5 Å². The molecule has 0 spiro atoms. The standard InChI is InChI=1S/C8H17NO/c1-6(2)10-8-5-3-4-7(8)9/h6-8H,3-5,9H2,1-2H3/t7-,8-/m0/s1. The van der Waals surface area contributed by atoms with Crippen molar-refractivity contribution in [3.05, 3.63) is 0 Å². The van der Waals surface area contributed by atoms with Crippen molar-refractivity contribution in [2.24, 2.45) is 5.73 Å². The van der Waals surface area contributed by atoms with Gasteiger partial charge in [0.25, 0.3) is 0 Å². The van der Waals surface area contributed by atoms with Crippen molar-refractivity contribution < 1.29 is 4.74 Å². The second-order valence-electron chi connectivity index (χ2n) is 3.32. The molecule has 2 nitrogen and oxygen atoms in total. The monoisotopic (exact) mass is 143 g/mol. The number of hydrogen-bond donors (Lipinski definition) is 1. The molecule has 0 unspecified atom stereocenters. The van der Waals surface area contributed by atoms with Crippen molar-refractivity contribution in [2.75, 3.05) is 0 Å². The summed E-state index contributed by atoms with van der Waals surface area (Å²) in [5, 5.41) is 0. The van der Waals surface area contributed by atoms with Gasteiger partial charge in [0, 0.05) is 6.04 Å². The molecule has 2 heteroatoms. The van der Waals surface area contributed by atoms with Crippen molar-refractivity contribution in [2.45, 2.75) is 51.4 Å². The Morgan fingerprint density at radius 2 is 2.10 bits per heavy atom. The van der Waals surface area contributed by atoms with E-state index in [2.05, 4.69) is 13.8 Å². The zero-order valence-corrected chi connectivity index (χ0v) is 6.84. The Bertz CT molecular complexity index is 103. The summed E-state index contributed by atoms with van der Waals surface area (Å²) in [6, 6.07) is 0.294. The summed E-state index contributed by atoms with van der Waals surface area (Å²) in [6.07, 6.45) is 4.18. The van der Waals surface area contributed by atoms with Crippen molar-refractivity contribution >= 4 is 0 Å². The number of rotatable bonds is 2. The van der Waals surface area contributed by atoms with Gasteiger partial charge in [-0.25, -0.2) is 0 Å². The summed E-state index contributed by atoms with van der Waals surface area (Å²) in [6.45, 7) is 4.12. The second-order valence-corrected chi connectivity index (χ2v) is 3.32. The van der Waals surface area contributed by atoms with E-state index in [1.807, 2.05) is 0 Å². The van der Waals surface area contributed by atoms with E-state index in [1.54, 1.807) is 0 Å². The third-order valence-electron chi connectivity index (χ3n) is 1.95. The lowest BCUT2D eigenvalue weighted by Gasteiger charge is -2.18. The molecular weight excluding hydrogens is 126 g/mol. The average molecular weight is 143 g/mol. The SMILES string of the molecule is CC(C)O[C@H]1CCC[C@@H]1N. The molecule has 60 valence electrons. The van der Waals surface area contributed by atoms with Crippen LogP contribution in [0.25, 0.3) is 0 Å². The Morgan fingerprint density at radius 3 is 2.50 bits per heavy atom. The summed E-state index contributed by atoms with van der Waals surface area (Å²) in [7, 11) is 0. The molecule has 10 heavy (non-hydrogen) atoms. The topological polar surface area (TPSA) is 35.2 Å². The van der Waals surface area contributed by atoms with Gasteiger partial charge < -0.3 is 10.5 Å². The maximum atomic E-state index is 5.80. The van der Waals surface area contributed by atoms with Crippen molar-refractivity contribution in [3.8, 4) is 0 Å². The largest absolute Gasteiger partial charge is 0.374 e. The van der Waals surface area contributed by atoms with E-state index in [0.717, 1.165) is 12.8 Å². The molecule has 0 heterocycles. The molecule has 2 N–H and O–H groups in total. The minimum atomic E-state index is 0.294. The van der Waals surface area contributed by atoms with E-state index < -0.39 is 0 Å². The minimum absolute atomic E-state index is 0.294. The minimum Gasteiger partial charge on any atom is -0.374 e. The van der Waals surface area contributed by atoms with Crippen molar-refractivity contribution in [3.63, 3.8) is 0 Å². The van der Waals surface area contributed by atoms with Gasteiger partial charge in [0.05, 0.1) is 12.2 Å². The third-order valence-corrected chi connectivity index (χ3v) is 1.95. The summed E-state index contributed by atoms with van der Waals surface area (Å²) in [5.41, 5.74) is 5.80. The lowest BCUT2D eigenvalue weighted by Crippen LogP contribution is -2.33. The van der Waals surface area contributed by atoms with E-state index >= 15 is 0 Å². The molecule has 0 aromatic rings. The highest BCUT2D eigenvalue weighted by Crippen LogP contribution is 2.21. The van der Waals surface area contributed by atoms with Crippen LogP contribution in [-0.2, 0) is 4.74 Å². The van der Waals surface area contributed by atoms with Crippen LogP contribution in [-0.4, -0.2) is 18.2 Å². The molecule has 1 aliphatic rings. The zero-order chi connectivity index (χ0) is 7.56. The van der Waals surface area contributed by atoms with Crippen LogP contribution in [0, 0.1) is 0 Å². The van der Waals surface area contributed by atoms with Gasteiger partial charge in [-0.2, -0.15) is 0 Å². The highest BCUT2D eigenvalue weighted by Gasteiger charge is 2.24. The smallest absolute Gasteiger partial charge is 0.0729 e. The molecule has 2 atom stereocenters. The van der Waals surface area contributed by atoms with Gasteiger partial charge in [0.1, 0.15) is 0 Å². The van der Waals surface area contributed by atoms with Crippen LogP contribution in [0.1, 0.15) is 33.1 Å². The second kappa shape index (κ2) is 3.35. The van der Waals surface area contributed by atoms with Crippen LogP contribution in [0.2, 0.25) is 0 Å². The number of hydrogen-bond acceptors (Lipinski definition) is 2. The van der Waals surface area contributed by atoms with Gasteiger partial charge >= 0.3 is 0 Å². The van der Waals surface area contributed by atoms with E-state index in [-0.39, 0.29) is 0 Å². The highest BCUT2D eigenvalue weighted by atomic mass is 16.5. The van der Waals surface area contributed by atoms with Crippen molar-refractivity contribution in [1.29, 1.82) is 0 Å². The van der Waals surface area contributed by atoms with Crippen LogP contribution in [0.5, 0.6) is 0 Å². The van der Waals surface area contributed by atoms with Gasteiger partial charge in [-0.05, 0) is 33.1 Å². The quantitative estimate of drug-likeness (QED) is 0.632. The van der Waals surface area contributed by atoms with Gasteiger partial charge in [0.2, 0.25) is 0 Å². The fourth-order valence-electron chi connectivity index (χ4n) is 1.47. The maximum Gasteiger partial charge on any atom is 0.0729 e. The Hall–Kier alpha value is -0.0800. The van der Waals surface area contributed by atoms with Gasteiger partial charge in [-0.1, -0.05) is 0 Å². The molecule has 1 saturated carbocycles. The lowest BCUT2D eigenvalue weighted by molar-refractivity contribution is 0.00410. The fraction of sp³-hybridized carbons (Fsp3) is 1.00. The highest BCUT2D eigenvalue weighted by molar-refractivity contribution is 4.81. The molecule has 0 bridgehead atoms. The Kier molecular flexibility index (Phi) is 2.69. The normalized spacial score (nSPS) is 33.6. The Balaban J connectivity index is 2.26. The molecule has 1 rings (SSSR count). The van der Waals surface area contributed by atoms with Crippen LogP contribution >= 0.6 is 0 Å². The average Bonchev–Trinajstić information content (AvgIpc) is 2.15. The predicted molar refractivity (Wildman–Crippen MR) is 41.8 cm³/mol. The van der Waals surface area contributed by atoms with Crippen molar-refractivity contribution in [1.82, 2.24) is 0 Å². The molecule has 1 fully saturated rings. The molecule has 0 saturated heterocycles. The molecule has 0 aromatic heterocycles. The van der Waals surface area contributed by atoms with Gasteiger partial charge in [-0.3, -0.25) is 0 Å². The van der Waals surface area contributed by atoms with Crippen LogP contribution in [0.15, 0.2) is 0 Å². The van der Waals surface area contributed by atoms with Crippen LogP contribution < -0.4 is 5.73 Å². The number of nitrogens with two attached hydrogens (primary N) is 1. The molecule has 0 aromatic carbocycles. The third kappa shape index (κ3) is 1.96. The van der Waals surface area contributed by atoms with E-state index in [9.17, 15) is 0 Å². The summed E-state index contributed by atoms with van der Waals surface area (Å²) >= 11 is 0. The fourth-order valence-corrected chi connectivity index (χ4v) is 1.47. The lowest BCUT2D eigenvalue weighted by atomic mass is 10.2. The molecular formula is C8H17NO. The molecule has 0 radical (unpaired) electrons. The number of ether oxygens (including phenoxy) is 1. The van der Waals surface area contributed by atoms with E-state index in [1.165, 1.54) is 6.42 Å². The molecule has 0 amide bonds. The molecule has 0 aliphatic heterocycles. The first-order valence-corrected chi connectivity index (χ1v) is 4.11. The summed E-state index contributed by atoms with van der Waals surface area (Å²) < 4.78 is 5.60. The zero-order valence-electron chi connectivity index (χ0n) is 6.84. The first-order valence-electron chi connectivity index (χ1n) is 4.11. The van der Waals surface area contributed by atoms with Gasteiger partial charge in [0.15, 0.2) is 0 Å². The maximum absolute atomic E-state index is 5.80. The summed E-state index contributed by atoms with van der Waals surface area (Å²) in [5.74, 6) is 0. The summed E-state index contributed by atoms with van der Waals surface area (Å²) in [4.78, 5) is 0. The molecule has 1 aliphatic carbocycles. The van der Waals surface area contributed by atoms with E-state index in [0.29, 0.717) is 18.2 Å². The Labute approximate surface area is 62.7 Å².